The second kappa shape index (κ2) is 5.19. The van der Waals surface area contributed by atoms with Gasteiger partial charge in [-0.15, -0.1) is 0 Å². The molecule has 0 bridgehead atoms. The molecule has 1 aliphatic heterocycles. The molecule has 1 saturated heterocycles. The molecule has 3 N–H and O–H groups in total. The highest BCUT2D eigenvalue weighted by Crippen LogP contribution is 2.22. The molecule has 1 aromatic heterocycles. The van der Waals surface area contributed by atoms with Gasteiger partial charge in [0.05, 0.1) is 17.1 Å². The second-order valence-electron chi connectivity index (χ2n) is 5.03. The van der Waals surface area contributed by atoms with Crippen molar-refractivity contribution >= 4 is 23.1 Å². The average molecular weight is 296 g/mol. The number of piperidine rings is 1. The van der Waals surface area contributed by atoms with E-state index >= 15 is 0 Å². The molecule has 1 aromatic carbocycles. The van der Waals surface area contributed by atoms with Gasteiger partial charge in [0.15, 0.2) is 0 Å². The van der Waals surface area contributed by atoms with Crippen LogP contribution in [0.5, 0.6) is 0 Å². The Hall–Kier alpha value is -2.38. The summed E-state index contributed by atoms with van der Waals surface area (Å²) in [5, 5.41) is 10.9. The minimum absolute atomic E-state index is 0.176. The number of amides is 1. The van der Waals surface area contributed by atoms with Crippen LogP contribution in [0.4, 0.5) is 19.5 Å². The Labute approximate surface area is 118 Å². The van der Waals surface area contributed by atoms with Gasteiger partial charge < -0.3 is 20.3 Å². The highest BCUT2D eigenvalue weighted by Gasteiger charge is 2.31. The maximum Gasteiger partial charge on any atom is 0.405 e. The first-order valence-electron chi connectivity index (χ1n) is 6.56. The standard InChI is InChI=1S/C13H14F2N4O2/c14-7-1-2-9-10(5-7)17-12(16-9)19-4-3-8(15)11(6-19)18-13(20)21/h1-2,5,8,11,18H,3-4,6H2,(H,16,17)(H,20,21)/t8-,11-/m1/s1. The van der Waals surface area contributed by atoms with Crippen molar-refractivity contribution in [3.63, 3.8) is 0 Å². The number of anilines is 1. The summed E-state index contributed by atoms with van der Waals surface area (Å²) < 4.78 is 26.9. The lowest BCUT2D eigenvalue weighted by atomic mass is 10.0. The summed E-state index contributed by atoms with van der Waals surface area (Å²) in [4.78, 5) is 19.7. The number of rotatable bonds is 2. The predicted molar refractivity (Wildman–Crippen MR) is 72.7 cm³/mol. The van der Waals surface area contributed by atoms with E-state index in [1.807, 2.05) is 0 Å². The number of carboxylic acid groups (broad SMARTS) is 1. The van der Waals surface area contributed by atoms with Gasteiger partial charge in [0, 0.05) is 13.1 Å². The lowest BCUT2D eigenvalue weighted by Crippen LogP contribution is -2.53. The molecule has 0 unspecified atom stereocenters. The summed E-state index contributed by atoms with van der Waals surface area (Å²) in [6.07, 6.45) is -2.27. The van der Waals surface area contributed by atoms with Crippen molar-refractivity contribution in [3.05, 3.63) is 24.0 Å². The van der Waals surface area contributed by atoms with Crippen molar-refractivity contribution in [2.24, 2.45) is 0 Å². The number of H-pyrrole nitrogens is 1. The van der Waals surface area contributed by atoms with E-state index in [9.17, 15) is 13.6 Å². The van der Waals surface area contributed by atoms with Crippen LogP contribution >= 0.6 is 0 Å². The lowest BCUT2D eigenvalue weighted by molar-refractivity contribution is 0.167. The Bertz CT molecular complexity index is 675. The van der Waals surface area contributed by atoms with E-state index in [4.69, 9.17) is 5.11 Å². The summed E-state index contributed by atoms with van der Waals surface area (Å²) in [6.45, 7) is 0.594. The molecule has 0 saturated carbocycles. The lowest BCUT2D eigenvalue weighted by Gasteiger charge is -2.34. The van der Waals surface area contributed by atoms with Crippen LogP contribution < -0.4 is 10.2 Å². The van der Waals surface area contributed by atoms with Crippen LogP contribution in [0.1, 0.15) is 6.42 Å². The van der Waals surface area contributed by atoms with Gasteiger partial charge >= 0.3 is 6.09 Å². The summed E-state index contributed by atoms with van der Waals surface area (Å²) >= 11 is 0. The second-order valence-corrected chi connectivity index (χ2v) is 5.03. The van der Waals surface area contributed by atoms with Crippen LogP contribution in [0.3, 0.4) is 0 Å². The molecule has 0 radical (unpaired) electrons. The zero-order chi connectivity index (χ0) is 15.0. The topological polar surface area (TPSA) is 81.2 Å². The Morgan fingerprint density at radius 1 is 1.52 bits per heavy atom. The van der Waals surface area contributed by atoms with Gasteiger partial charge in [-0.3, -0.25) is 0 Å². The zero-order valence-electron chi connectivity index (χ0n) is 11.0. The van der Waals surface area contributed by atoms with Gasteiger partial charge in [-0.25, -0.2) is 18.6 Å². The quantitative estimate of drug-likeness (QED) is 0.790. The fourth-order valence-corrected chi connectivity index (χ4v) is 2.53. The van der Waals surface area contributed by atoms with Crippen LogP contribution in [0.15, 0.2) is 18.2 Å². The van der Waals surface area contributed by atoms with Gasteiger partial charge in [0.25, 0.3) is 0 Å². The molecule has 0 aliphatic carbocycles. The number of halogens is 2. The number of nitrogens with one attached hydrogen (secondary N) is 2. The number of hydrogen-bond donors (Lipinski definition) is 3. The van der Waals surface area contributed by atoms with Crippen LogP contribution in [0.2, 0.25) is 0 Å². The molecule has 8 heteroatoms. The molecular formula is C13H14F2N4O2. The summed E-state index contributed by atoms with van der Waals surface area (Å²) in [6, 6.07) is 3.40. The number of benzene rings is 1. The van der Waals surface area contributed by atoms with Crippen molar-refractivity contribution in [3.8, 4) is 0 Å². The highest BCUT2D eigenvalue weighted by atomic mass is 19.1. The van der Waals surface area contributed by atoms with Crippen LogP contribution in [0, 0.1) is 5.82 Å². The van der Waals surface area contributed by atoms with Crippen molar-refractivity contribution < 1.29 is 18.7 Å². The number of nitrogens with zero attached hydrogens (tertiary/aromatic N) is 2. The predicted octanol–water partition coefficient (Wildman–Crippen LogP) is 1.89. The monoisotopic (exact) mass is 296 g/mol. The summed E-state index contributed by atoms with van der Waals surface area (Å²) in [5.41, 5.74) is 1.16. The minimum atomic E-state index is -1.25. The molecule has 112 valence electrons. The Morgan fingerprint density at radius 3 is 3.10 bits per heavy atom. The minimum Gasteiger partial charge on any atom is -0.465 e. The Kier molecular flexibility index (Phi) is 3.36. The molecule has 6 nitrogen and oxygen atoms in total. The molecule has 1 fully saturated rings. The van der Waals surface area contributed by atoms with Crippen molar-refractivity contribution in [1.82, 2.24) is 15.3 Å². The Balaban J connectivity index is 1.83. The SMILES string of the molecule is O=C(O)N[C@@H]1CN(c2nc3ccc(F)cc3[nH]2)CC[C@H]1F. The normalized spacial score (nSPS) is 22.5. The van der Waals surface area contributed by atoms with Gasteiger partial charge in [0.2, 0.25) is 5.95 Å². The van der Waals surface area contributed by atoms with Crippen molar-refractivity contribution in [1.29, 1.82) is 0 Å². The third-order valence-corrected chi connectivity index (χ3v) is 3.57. The van der Waals surface area contributed by atoms with Gasteiger partial charge in [-0.1, -0.05) is 0 Å². The van der Waals surface area contributed by atoms with Gasteiger partial charge in [0.1, 0.15) is 12.0 Å². The summed E-state index contributed by atoms with van der Waals surface area (Å²) in [5.74, 6) is 0.116. The first-order chi connectivity index (χ1) is 10.0. The maximum atomic E-state index is 13.7. The van der Waals surface area contributed by atoms with E-state index < -0.39 is 18.3 Å². The molecule has 0 spiro atoms. The number of carbonyl (C=O) groups is 1. The first-order valence-corrected chi connectivity index (χ1v) is 6.56. The van der Waals surface area contributed by atoms with Crippen LogP contribution in [-0.4, -0.2) is 46.5 Å². The Morgan fingerprint density at radius 2 is 2.33 bits per heavy atom. The molecule has 21 heavy (non-hydrogen) atoms. The number of hydrogen-bond acceptors (Lipinski definition) is 3. The van der Waals surface area contributed by atoms with Crippen molar-refractivity contribution in [2.45, 2.75) is 18.6 Å². The maximum absolute atomic E-state index is 13.7. The van der Waals surface area contributed by atoms with Gasteiger partial charge in [-0.2, -0.15) is 0 Å². The summed E-state index contributed by atoms with van der Waals surface area (Å²) in [7, 11) is 0. The van der Waals surface area contributed by atoms with E-state index in [-0.39, 0.29) is 18.8 Å². The third-order valence-electron chi connectivity index (χ3n) is 3.57. The molecule has 1 amide bonds. The fourth-order valence-electron chi connectivity index (χ4n) is 2.53. The molecule has 2 aromatic rings. The zero-order valence-corrected chi connectivity index (χ0v) is 11.0. The van der Waals surface area contributed by atoms with Crippen LogP contribution in [0.25, 0.3) is 11.0 Å². The molecule has 1 aliphatic rings. The van der Waals surface area contributed by atoms with E-state index in [1.54, 1.807) is 11.0 Å². The number of imidazole rings is 1. The van der Waals surface area contributed by atoms with Gasteiger partial charge in [-0.05, 0) is 24.6 Å². The van der Waals surface area contributed by atoms with Crippen LogP contribution in [-0.2, 0) is 0 Å². The highest BCUT2D eigenvalue weighted by molar-refractivity contribution is 5.77. The van der Waals surface area contributed by atoms with E-state index in [0.717, 1.165) is 0 Å². The number of fused-ring (bicyclic) bond motifs is 1. The number of alkyl halides is 1. The smallest absolute Gasteiger partial charge is 0.405 e. The third kappa shape index (κ3) is 2.74. The largest absolute Gasteiger partial charge is 0.465 e. The molecule has 3 rings (SSSR count). The first kappa shape index (κ1) is 13.6. The number of aromatic nitrogens is 2. The number of aromatic amines is 1. The van der Waals surface area contributed by atoms with Crippen molar-refractivity contribution in [2.75, 3.05) is 18.0 Å². The van der Waals surface area contributed by atoms with E-state index in [2.05, 4.69) is 15.3 Å². The molecule has 2 heterocycles. The fraction of sp³-hybridized carbons (Fsp3) is 0.385. The average Bonchev–Trinajstić information content (AvgIpc) is 2.83. The van der Waals surface area contributed by atoms with E-state index in [1.165, 1.54) is 12.1 Å². The van der Waals surface area contributed by atoms with E-state index in [0.29, 0.717) is 23.5 Å². The molecule has 2 atom stereocenters. The molecular weight excluding hydrogens is 282 g/mol.